The van der Waals surface area contributed by atoms with Crippen LogP contribution in [0.4, 0.5) is 5.69 Å². The van der Waals surface area contributed by atoms with Gasteiger partial charge in [0.15, 0.2) is 0 Å². The summed E-state index contributed by atoms with van der Waals surface area (Å²) in [6.45, 7) is 0. The lowest BCUT2D eigenvalue weighted by Gasteiger charge is -1.98. The van der Waals surface area contributed by atoms with Crippen LogP contribution in [0.1, 0.15) is 0 Å². The lowest BCUT2D eigenvalue weighted by Crippen LogP contribution is -1.77. The van der Waals surface area contributed by atoms with Gasteiger partial charge in [-0.3, -0.25) is 4.98 Å². The van der Waals surface area contributed by atoms with Crippen LogP contribution in [-0.2, 0) is 0 Å². The molecule has 5 heteroatoms. The summed E-state index contributed by atoms with van der Waals surface area (Å²) in [7, 11) is 0. The Bertz CT molecular complexity index is 531. The molecule has 2 rings (SSSR count). The van der Waals surface area contributed by atoms with Crippen LogP contribution in [0.2, 0.25) is 0 Å². The molecular weight excluding hydrogens is 180 g/mol. The predicted octanol–water partition coefficient (Wildman–Crippen LogP) is 2.88. The first-order valence-corrected chi connectivity index (χ1v) is 3.93. The molecule has 1 N–H and O–H groups in total. The SMILES string of the molecule is [N-]=[N+]=Nc1ccc2cc(O)cnc2c1. The Morgan fingerprint density at radius 3 is 3.00 bits per heavy atom. The highest BCUT2D eigenvalue weighted by Crippen LogP contribution is 2.22. The molecule has 0 atom stereocenters. The van der Waals surface area contributed by atoms with Crippen molar-refractivity contribution in [2.24, 2.45) is 5.11 Å². The van der Waals surface area contributed by atoms with E-state index in [4.69, 9.17) is 10.6 Å². The topological polar surface area (TPSA) is 81.9 Å². The molecular formula is C9H6N4O. The lowest BCUT2D eigenvalue weighted by atomic mass is 10.2. The minimum absolute atomic E-state index is 0.119. The molecule has 0 saturated heterocycles. The molecule has 1 aromatic carbocycles. The number of pyridine rings is 1. The minimum atomic E-state index is 0.119. The van der Waals surface area contributed by atoms with Crippen molar-refractivity contribution in [1.82, 2.24) is 4.98 Å². The number of fused-ring (bicyclic) bond motifs is 1. The van der Waals surface area contributed by atoms with Crippen molar-refractivity contribution >= 4 is 16.6 Å². The summed E-state index contributed by atoms with van der Waals surface area (Å²) in [5, 5.41) is 13.4. The van der Waals surface area contributed by atoms with Crippen molar-refractivity contribution < 1.29 is 5.11 Å². The number of aromatic hydroxyl groups is 1. The summed E-state index contributed by atoms with van der Waals surface area (Å²) in [5.41, 5.74) is 9.43. The van der Waals surface area contributed by atoms with E-state index in [0.29, 0.717) is 11.2 Å². The van der Waals surface area contributed by atoms with Gasteiger partial charge in [0.05, 0.1) is 11.7 Å². The number of benzene rings is 1. The van der Waals surface area contributed by atoms with Crippen LogP contribution in [-0.4, -0.2) is 10.1 Å². The molecule has 14 heavy (non-hydrogen) atoms. The van der Waals surface area contributed by atoms with Gasteiger partial charge in [0, 0.05) is 16.0 Å². The molecule has 1 aromatic heterocycles. The van der Waals surface area contributed by atoms with E-state index in [1.165, 1.54) is 6.20 Å². The average Bonchev–Trinajstić information content (AvgIpc) is 2.19. The normalized spacial score (nSPS) is 9.71. The zero-order valence-corrected chi connectivity index (χ0v) is 7.12. The van der Waals surface area contributed by atoms with Crippen LogP contribution in [0.5, 0.6) is 5.75 Å². The summed E-state index contributed by atoms with van der Waals surface area (Å²) < 4.78 is 0. The third-order valence-electron chi connectivity index (χ3n) is 1.81. The standard InChI is InChI=1S/C9H6N4O/c10-13-12-7-2-1-6-3-8(14)5-11-9(6)4-7/h1-5,14H. The Balaban J connectivity index is 2.67. The molecule has 0 aliphatic carbocycles. The fraction of sp³-hybridized carbons (Fsp3) is 0. The highest BCUT2D eigenvalue weighted by molar-refractivity contribution is 5.82. The van der Waals surface area contributed by atoms with E-state index >= 15 is 0 Å². The molecule has 0 aliphatic rings. The predicted molar refractivity (Wildman–Crippen MR) is 52.2 cm³/mol. The van der Waals surface area contributed by atoms with Gasteiger partial charge in [-0.15, -0.1) is 0 Å². The molecule has 0 aliphatic heterocycles. The van der Waals surface area contributed by atoms with Crippen molar-refractivity contribution in [2.75, 3.05) is 0 Å². The molecule has 0 bridgehead atoms. The molecule has 0 saturated carbocycles. The lowest BCUT2D eigenvalue weighted by molar-refractivity contribution is 0.474. The number of hydrogen-bond acceptors (Lipinski definition) is 3. The van der Waals surface area contributed by atoms with Gasteiger partial charge in [0.1, 0.15) is 5.75 Å². The second-order valence-electron chi connectivity index (χ2n) is 2.76. The van der Waals surface area contributed by atoms with Crippen LogP contribution in [0.3, 0.4) is 0 Å². The van der Waals surface area contributed by atoms with E-state index in [1.54, 1.807) is 24.3 Å². The molecule has 1 heterocycles. The maximum absolute atomic E-state index is 9.16. The molecule has 0 unspecified atom stereocenters. The summed E-state index contributed by atoms with van der Waals surface area (Å²) in [6, 6.07) is 6.67. The van der Waals surface area contributed by atoms with Crippen molar-refractivity contribution in [3.8, 4) is 5.75 Å². The van der Waals surface area contributed by atoms with E-state index in [2.05, 4.69) is 15.0 Å². The van der Waals surface area contributed by atoms with Crippen molar-refractivity contribution in [2.45, 2.75) is 0 Å². The summed E-state index contributed by atoms with van der Waals surface area (Å²) in [6.07, 6.45) is 1.35. The highest BCUT2D eigenvalue weighted by atomic mass is 16.3. The molecule has 2 aromatic rings. The first-order valence-electron chi connectivity index (χ1n) is 3.93. The van der Waals surface area contributed by atoms with E-state index in [1.807, 2.05) is 0 Å². The van der Waals surface area contributed by atoms with Gasteiger partial charge in [-0.05, 0) is 17.7 Å². The van der Waals surface area contributed by atoms with Gasteiger partial charge in [0.2, 0.25) is 0 Å². The second kappa shape index (κ2) is 3.24. The Morgan fingerprint density at radius 1 is 1.36 bits per heavy atom. The largest absolute Gasteiger partial charge is 0.506 e. The summed E-state index contributed by atoms with van der Waals surface area (Å²) in [5.74, 6) is 0.119. The highest BCUT2D eigenvalue weighted by Gasteiger charge is 1.97. The molecule has 0 amide bonds. The molecule has 68 valence electrons. The number of rotatable bonds is 1. The Kier molecular flexibility index (Phi) is 1.93. The Morgan fingerprint density at radius 2 is 2.21 bits per heavy atom. The van der Waals surface area contributed by atoms with Crippen LogP contribution in [0.25, 0.3) is 21.3 Å². The van der Waals surface area contributed by atoms with Gasteiger partial charge in [-0.2, -0.15) is 0 Å². The van der Waals surface area contributed by atoms with Gasteiger partial charge in [-0.1, -0.05) is 17.2 Å². The number of nitrogens with zero attached hydrogens (tertiary/aromatic N) is 4. The van der Waals surface area contributed by atoms with E-state index in [9.17, 15) is 0 Å². The fourth-order valence-electron chi connectivity index (χ4n) is 1.21. The van der Waals surface area contributed by atoms with Gasteiger partial charge in [-0.25, -0.2) is 0 Å². The number of aromatic nitrogens is 1. The van der Waals surface area contributed by atoms with E-state index in [0.717, 1.165) is 5.39 Å². The van der Waals surface area contributed by atoms with Crippen LogP contribution in [0.15, 0.2) is 35.6 Å². The molecule has 0 fully saturated rings. The van der Waals surface area contributed by atoms with Crippen molar-refractivity contribution in [1.29, 1.82) is 0 Å². The zero-order chi connectivity index (χ0) is 9.97. The third kappa shape index (κ3) is 1.44. The molecule has 0 radical (unpaired) electrons. The number of azide groups is 1. The first kappa shape index (κ1) is 8.34. The maximum atomic E-state index is 9.16. The third-order valence-corrected chi connectivity index (χ3v) is 1.81. The Hall–Kier alpha value is -2.26. The van der Waals surface area contributed by atoms with Crippen LogP contribution < -0.4 is 0 Å². The van der Waals surface area contributed by atoms with Gasteiger partial charge < -0.3 is 5.11 Å². The summed E-state index contributed by atoms with van der Waals surface area (Å²) in [4.78, 5) is 6.67. The summed E-state index contributed by atoms with van der Waals surface area (Å²) >= 11 is 0. The molecule has 5 nitrogen and oxygen atoms in total. The minimum Gasteiger partial charge on any atom is -0.506 e. The Labute approximate surface area is 79.3 Å². The monoisotopic (exact) mass is 186 g/mol. The van der Waals surface area contributed by atoms with Crippen molar-refractivity contribution in [3.05, 3.63) is 40.9 Å². The zero-order valence-electron chi connectivity index (χ0n) is 7.12. The molecule has 0 spiro atoms. The average molecular weight is 186 g/mol. The fourth-order valence-corrected chi connectivity index (χ4v) is 1.21. The van der Waals surface area contributed by atoms with Crippen LogP contribution in [0, 0.1) is 0 Å². The van der Waals surface area contributed by atoms with E-state index in [-0.39, 0.29) is 5.75 Å². The van der Waals surface area contributed by atoms with Gasteiger partial charge >= 0.3 is 0 Å². The quantitative estimate of drug-likeness (QED) is 0.422. The second-order valence-corrected chi connectivity index (χ2v) is 2.76. The first-order chi connectivity index (χ1) is 6.79. The number of hydrogen-bond donors (Lipinski definition) is 1. The van der Waals surface area contributed by atoms with Crippen LogP contribution >= 0.6 is 0 Å². The van der Waals surface area contributed by atoms with Gasteiger partial charge in [0.25, 0.3) is 0 Å². The van der Waals surface area contributed by atoms with Crippen molar-refractivity contribution in [3.63, 3.8) is 0 Å². The maximum Gasteiger partial charge on any atom is 0.134 e. The van der Waals surface area contributed by atoms with E-state index < -0.39 is 0 Å². The smallest absolute Gasteiger partial charge is 0.134 e.